The minimum atomic E-state index is -0.0693. The van der Waals surface area contributed by atoms with Crippen LogP contribution < -0.4 is 10.1 Å². The third-order valence-electron chi connectivity index (χ3n) is 4.16. The molecule has 1 N–H and O–H groups in total. The quantitative estimate of drug-likeness (QED) is 0.652. The molecule has 0 aromatic heterocycles. The van der Waals surface area contributed by atoms with E-state index in [-0.39, 0.29) is 11.9 Å². The molecular formula is C20H24INO2. The van der Waals surface area contributed by atoms with Crippen LogP contribution in [-0.2, 0) is 0 Å². The molecule has 24 heavy (non-hydrogen) atoms. The third-order valence-corrected chi connectivity index (χ3v) is 4.88. The van der Waals surface area contributed by atoms with Gasteiger partial charge in [-0.25, -0.2) is 0 Å². The van der Waals surface area contributed by atoms with E-state index in [2.05, 4.69) is 60.8 Å². The molecule has 0 heterocycles. The Labute approximate surface area is 157 Å². The molecule has 2 aromatic rings. The predicted octanol–water partition coefficient (Wildman–Crippen LogP) is 5.22. The van der Waals surface area contributed by atoms with E-state index in [4.69, 9.17) is 4.74 Å². The van der Waals surface area contributed by atoms with Crippen LogP contribution in [0.3, 0.4) is 0 Å². The topological polar surface area (TPSA) is 38.3 Å². The van der Waals surface area contributed by atoms with Crippen molar-refractivity contribution in [3.63, 3.8) is 0 Å². The van der Waals surface area contributed by atoms with Gasteiger partial charge < -0.3 is 10.1 Å². The van der Waals surface area contributed by atoms with Gasteiger partial charge in [0.25, 0.3) is 5.91 Å². The number of carbonyl (C=O) groups excluding carboxylic acids is 1. The molecule has 1 atom stereocenters. The van der Waals surface area contributed by atoms with E-state index < -0.39 is 0 Å². The maximum Gasteiger partial charge on any atom is 0.251 e. The van der Waals surface area contributed by atoms with Crippen molar-refractivity contribution in [2.75, 3.05) is 7.11 Å². The van der Waals surface area contributed by atoms with Crippen molar-refractivity contribution in [1.82, 2.24) is 5.32 Å². The molecule has 1 unspecified atom stereocenters. The highest BCUT2D eigenvalue weighted by Crippen LogP contribution is 2.32. The number of hydrogen-bond donors (Lipinski definition) is 1. The number of methoxy groups -OCH3 is 1. The van der Waals surface area contributed by atoms with E-state index in [0.717, 1.165) is 26.0 Å². The van der Waals surface area contributed by atoms with E-state index in [1.54, 1.807) is 7.11 Å². The molecule has 0 saturated carbocycles. The first-order valence-corrected chi connectivity index (χ1v) is 9.16. The second-order valence-electron chi connectivity index (χ2n) is 6.31. The molecule has 0 fully saturated rings. The minimum absolute atomic E-state index is 0.0554. The highest BCUT2D eigenvalue weighted by molar-refractivity contribution is 14.1. The Morgan fingerprint density at radius 1 is 1.08 bits per heavy atom. The van der Waals surface area contributed by atoms with Crippen molar-refractivity contribution in [2.24, 2.45) is 0 Å². The van der Waals surface area contributed by atoms with Crippen molar-refractivity contribution in [2.45, 2.75) is 39.7 Å². The van der Waals surface area contributed by atoms with E-state index >= 15 is 0 Å². The molecule has 0 saturated heterocycles. The molecule has 2 rings (SSSR count). The standard InChI is InChI=1S/C20H24INO2/c1-12(2)17-11-18(13(3)10-19(17)24-5)14(4)22-20(23)15-6-8-16(21)9-7-15/h6-12,14H,1-5H3,(H,22,23). The molecule has 0 aliphatic carbocycles. The van der Waals surface area contributed by atoms with Gasteiger partial charge in [-0.2, -0.15) is 0 Å². The average molecular weight is 437 g/mol. The molecule has 0 bridgehead atoms. The number of aryl methyl sites for hydroxylation is 1. The van der Waals surface area contributed by atoms with Crippen molar-refractivity contribution >= 4 is 28.5 Å². The van der Waals surface area contributed by atoms with Gasteiger partial charge in [-0.05, 0) is 95.4 Å². The van der Waals surface area contributed by atoms with Crippen molar-refractivity contribution in [1.29, 1.82) is 0 Å². The highest BCUT2D eigenvalue weighted by atomic mass is 127. The second-order valence-corrected chi connectivity index (χ2v) is 7.55. The second kappa shape index (κ2) is 8.01. The third kappa shape index (κ3) is 4.29. The maximum atomic E-state index is 12.5. The van der Waals surface area contributed by atoms with Crippen LogP contribution in [0.4, 0.5) is 0 Å². The van der Waals surface area contributed by atoms with Crippen LogP contribution in [0.15, 0.2) is 36.4 Å². The molecular weight excluding hydrogens is 413 g/mol. The molecule has 2 aromatic carbocycles. The lowest BCUT2D eigenvalue weighted by Gasteiger charge is -2.21. The lowest BCUT2D eigenvalue weighted by Crippen LogP contribution is -2.27. The van der Waals surface area contributed by atoms with Gasteiger partial charge in [0.2, 0.25) is 0 Å². The fourth-order valence-corrected chi connectivity index (χ4v) is 3.13. The Morgan fingerprint density at radius 2 is 1.71 bits per heavy atom. The minimum Gasteiger partial charge on any atom is -0.496 e. The Morgan fingerprint density at radius 3 is 2.25 bits per heavy atom. The molecule has 1 amide bonds. The van der Waals surface area contributed by atoms with Crippen LogP contribution >= 0.6 is 22.6 Å². The SMILES string of the molecule is COc1cc(C)c(C(C)NC(=O)c2ccc(I)cc2)cc1C(C)C. The fraction of sp³-hybridized carbons (Fsp3) is 0.350. The molecule has 128 valence electrons. The number of ether oxygens (including phenoxy) is 1. The number of rotatable bonds is 5. The first-order valence-electron chi connectivity index (χ1n) is 8.08. The van der Waals surface area contributed by atoms with Crippen LogP contribution in [0.1, 0.15) is 59.8 Å². The summed E-state index contributed by atoms with van der Waals surface area (Å²) in [5.41, 5.74) is 4.08. The van der Waals surface area contributed by atoms with Gasteiger partial charge in [0.1, 0.15) is 5.75 Å². The largest absolute Gasteiger partial charge is 0.496 e. The fourth-order valence-electron chi connectivity index (χ4n) is 2.77. The molecule has 0 spiro atoms. The van der Waals surface area contributed by atoms with Gasteiger partial charge in [0.15, 0.2) is 0 Å². The van der Waals surface area contributed by atoms with Gasteiger partial charge in [-0.1, -0.05) is 13.8 Å². The van der Waals surface area contributed by atoms with Crippen molar-refractivity contribution in [3.05, 3.63) is 62.2 Å². The van der Waals surface area contributed by atoms with Gasteiger partial charge in [0.05, 0.1) is 13.2 Å². The molecule has 0 aliphatic heterocycles. The number of nitrogens with one attached hydrogen (secondary N) is 1. The summed E-state index contributed by atoms with van der Waals surface area (Å²) < 4.78 is 6.61. The monoisotopic (exact) mass is 437 g/mol. The summed E-state index contributed by atoms with van der Waals surface area (Å²) in [6.45, 7) is 8.36. The van der Waals surface area contributed by atoms with E-state index in [1.165, 1.54) is 0 Å². The number of amides is 1. The van der Waals surface area contributed by atoms with Crippen LogP contribution in [-0.4, -0.2) is 13.0 Å². The number of hydrogen-bond acceptors (Lipinski definition) is 2. The number of halogens is 1. The normalized spacial score (nSPS) is 12.1. The Bertz CT molecular complexity index is 723. The summed E-state index contributed by atoms with van der Waals surface area (Å²) in [4.78, 5) is 12.5. The summed E-state index contributed by atoms with van der Waals surface area (Å²) in [5.74, 6) is 1.21. The molecule has 4 heteroatoms. The molecule has 3 nitrogen and oxygen atoms in total. The smallest absolute Gasteiger partial charge is 0.251 e. The van der Waals surface area contributed by atoms with Crippen LogP contribution in [0.5, 0.6) is 5.75 Å². The summed E-state index contributed by atoms with van der Waals surface area (Å²) in [7, 11) is 1.70. The summed E-state index contributed by atoms with van der Waals surface area (Å²) in [6, 6.07) is 11.7. The van der Waals surface area contributed by atoms with Gasteiger partial charge in [-0.15, -0.1) is 0 Å². The van der Waals surface area contributed by atoms with E-state index in [9.17, 15) is 4.79 Å². The first-order chi connectivity index (χ1) is 11.3. The van der Waals surface area contributed by atoms with Gasteiger partial charge >= 0.3 is 0 Å². The van der Waals surface area contributed by atoms with Crippen LogP contribution in [0.25, 0.3) is 0 Å². The van der Waals surface area contributed by atoms with E-state index in [1.807, 2.05) is 31.2 Å². The van der Waals surface area contributed by atoms with Crippen LogP contribution in [0.2, 0.25) is 0 Å². The Balaban J connectivity index is 2.25. The molecule has 0 radical (unpaired) electrons. The Hall–Kier alpha value is -1.56. The predicted molar refractivity (Wildman–Crippen MR) is 107 cm³/mol. The highest BCUT2D eigenvalue weighted by Gasteiger charge is 2.17. The summed E-state index contributed by atoms with van der Waals surface area (Å²) >= 11 is 2.23. The number of carbonyl (C=O) groups is 1. The van der Waals surface area contributed by atoms with Crippen LogP contribution in [0, 0.1) is 10.5 Å². The van der Waals surface area contributed by atoms with Crippen molar-refractivity contribution < 1.29 is 9.53 Å². The first kappa shape index (κ1) is 18.8. The Kier molecular flexibility index (Phi) is 6.27. The van der Waals surface area contributed by atoms with Gasteiger partial charge in [0, 0.05) is 9.13 Å². The van der Waals surface area contributed by atoms with Gasteiger partial charge in [-0.3, -0.25) is 4.79 Å². The molecule has 0 aliphatic rings. The maximum absolute atomic E-state index is 12.5. The lowest BCUT2D eigenvalue weighted by molar-refractivity contribution is 0.0940. The summed E-state index contributed by atoms with van der Waals surface area (Å²) in [5, 5.41) is 3.09. The zero-order valence-electron chi connectivity index (χ0n) is 14.8. The van der Waals surface area contributed by atoms with E-state index in [0.29, 0.717) is 11.5 Å². The lowest BCUT2D eigenvalue weighted by atomic mass is 9.93. The zero-order valence-corrected chi connectivity index (χ0v) is 17.0. The number of benzene rings is 2. The summed E-state index contributed by atoms with van der Waals surface area (Å²) in [6.07, 6.45) is 0. The average Bonchev–Trinajstić information content (AvgIpc) is 2.54. The van der Waals surface area contributed by atoms with Crippen molar-refractivity contribution in [3.8, 4) is 5.75 Å². The zero-order chi connectivity index (χ0) is 17.9.